The Balaban J connectivity index is 2.60. The zero-order valence-corrected chi connectivity index (χ0v) is 12.8. The first-order valence-corrected chi connectivity index (χ1v) is 6.90. The molecule has 0 aliphatic heterocycles. The molecule has 120 valence electrons. The van der Waals surface area contributed by atoms with E-state index in [0.29, 0.717) is 24.5 Å². The topological polar surface area (TPSA) is 76.1 Å². The molecule has 0 saturated carbocycles. The minimum atomic E-state index is -1.04. The number of amides is 1. The highest BCUT2D eigenvalue weighted by molar-refractivity contribution is 5.95. The summed E-state index contributed by atoms with van der Waals surface area (Å²) in [6.07, 6.45) is 1.88. The lowest BCUT2D eigenvalue weighted by atomic mass is 10.2. The maximum Gasteiger partial charge on any atom is 0.341 e. The van der Waals surface area contributed by atoms with Gasteiger partial charge in [-0.05, 0) is 37.6 Å². The SMILES string of the molecule is C=CCCOC(C)C(=O)N(C)c1ccc(OCC(=O)O)cc1. The summed E-state index contributed by atoms with van der Waals surface area (Å²) < 4.78 is 10.5. The Labute approximate surface area is 129 Å². The molecule has 0 fully saturated rings. The quantitative estimate of drug-likeness (QED) is 0.558. The Bertz CT molecular complexity index is 512. The van der Waals surface area contributed by atoms with Crippen molar-refractivity contribution < 1.29 is 24.2 Å². The summed E-state index contributed by atoms with van der Waals surface area (Å²) in [7, 11) is 1.66. The smallest absolute Gasteiger partial charge is 0.341 e. The Morgan fingerprint density at radius 3 is 2.55 bits per heavy atom. The summed E-state index contributed by atoms with van der Waals surface area (Å²) in [4.78, 5) is 24.1. The van der Waals surface area contributed by atoms with Gasteiger partial charge in [0.05, 0.1) is 6.61 Å². The molecule has 0 bridgehead atoms. The number of anilines is 1. The standard InChI is InChI=1S/C16H21NO5/c1-4-5-10-21-12(2)16(20)17(3)13-6-8-14(9-7-13)22-11-15(18)19/h4,6-9,12H,1,5,10-11H2,2-3H3,(H,18,19). The van der Waals surface area contributed by atoms with Crippen molar-refractivity contribution in [2.45, 2.75) is 19.4 Å². The molecule has 1 N–H and O–H groups in total. The summed E-state index contributed by atoms with van der Waals surface area (Å²) in [5, 5.41) is 8.54. The molecule has 1 aromatic rings. The van der Waals surface area contributed by atoms with Crippen LogP contribution >= 0.6 is 0 Å². The van der Waals surface area contributed by atoms with Gasteiger partial charge in [-0.15, -0.1) is 6.58 Å². The number of carbonyl (C=O) groups excluding carboxylic acids is 1. The van der Waals surface area contributed by atoms with Crippen molar-refractivity contribution in [1.82, 2.24) is 0 Å². The second-order valence-electron chi connectivity index (χ2n) is 4.66. The van der Waals surface area contributed by atoms with Crippen LogP contribution in [0.2, 0.25) is 0 Å². The lowest BCUT2D eigenvalue weighted by Crippen LogP contribution is -2.36. The Morgan fingerprint density at radius 2 is 2.00 bits per heavy atom. The van der Waals surface area contributed by atoms with Gasteiger partial charge in [0, 0.05) is 12.7 Å². The van der Waals surface area contributed by atoms with Crippen LogP contribution in [0.4, 0.5) is 5.69 Å². The molecule has 1 atom stereocenters. The zero-order chi connectivity index (χ0) is 16.5. The van der Waals surface area contributed by atoms with Gasteiger partial charge in [0.25, 0.3) is 5.91 Å². The monoisotopic (exact) mass is 307 g/mol. The van der Waals surface area contributed by atoms with Crippen LogP contribution < -0.4 is 9.64 Å². The van der Waals surface area contributed by atoms with Crippen LogP contribution in [0.3, 0.4) is 0 Å². The van der Waals surface area contributed by atoms with Crippen LogP contribution in [0.1, 0.15) is 13.3 Å². The van der Waals surface area contributed by atoms with Crippen LogP contribution in [0.15, 0.2) is 36.9 Å². The fraction of sp³-hybridized carbons (Fsp3) is 0.375. The molecule has 22 heavy (non-hydrogen) atoms. The second-order valence-corrected chi connectivity index (χ2v) is 4.66. The second kappa shape index (κ2) is 8.84. The van der Waals surface area contributed by atoms with E-state index in [-0.39, 0.29) is 5.91 Å². The third kappa shape index (κ3) is 5.57. The van der Waals surface area contributed by atoms with Crippen LogP contribution in [-0.4, -0.2) is 43.3 Å². The van der Waals surface area contributed by atoms with Gasteiger partial charge in [-0.1, -0.05) is 6.08 Å². The Morgan fingerprint density at radius 1 is 1.36 bits per heavy atom. The van der Waals surface area contributed by atoms with E-state index in [0.717, 1.165) is 0 Å². The molecule has 0 aromatic heterocycles. The fourth-order valence-electron chi connectivity index (χ4n) is 1.71. The van der Waals surface area contributed by atoms with Gasteiger partial charge in [-0.2, -0.15) is 0 Å². The fourth-order valence-corrected chi connectivity index (χ4v) is 1.71. The van der Waals surface area contributed by atoms with Gasteiger partial charge in [-0.25, -0.2) is 4.79 Å². The minimum absolute atomic E-state index is 0.164. The van der Waals surface area contributed by atoms with Gasteiger partial charge in [0.15, 0.2) is 6.61 Å². The number of nitrogens with zero attached hydrogens (tertiary/aromatic N) is 1. The maximum atomic E-state index is 12.2. The first kappa shape index (κ1) is 17.7. The maximum absolute atomic E-state index is 12.2. The van der Waals surface area contributed by atoms with Crippen molar-refractivity contribution in [3.05, 3.63) is 36.9 Å². The van der Waals surface area contributed by atoms with E-state index < -0.39 is 18.7 Å². The average molecular weight is 307 g/mol. The highest BCUT2D eigenvalue weighted by Gasteiger charge is 2.19. The molecule has 6 nitrogen and oxygen atoms in total. The Kier molecular flexibility index (Phi) is 7.12. The first-order chi connectivity index (χ1) is 10.5. The van der Waals surface area contributed by atoms with Crippen molar-refractivity contribution >= 4 is 17.6 Å². The van der Waals surface area contributed by atoms with Gasteiger partial charge < -0.3 is 19.5 Å². The van der Waals surface area contributed by atoms with E-state index in [2.05, 4.69) is 6.58 Å². The molecule has 1 aromatic carbocycles. The van der Waals surface area contributed by atoms with Crippen molar-refractivity contribution in [2.75, 3.05) is 25.2 Å². The Hall–Kier alpha value is -2.34. The molecular formula is C16H21NO5. The molecule has 0 saturated heterocycles. The number of aliphatic carboxylic acids is 1. The van der Waals surface area contributed by atoms with Crippen molar-refractivity contribution in [3.63, 3.8) is 0 Å². The summed E-state index contributed by atoms with van der Waals surface area (Å²) in [5.41, 5.74) is 0.673. The number of rotatable bonds is 9. The summed E-state index contributed by atoms with van der Waals surface area (Å²) >= 11 is 0. The number of likely N-dealkylation sites (N-methyl/N-ethyl adjacent to an activating group) is 1. The number of carboxylic acids is 1. The predicted octanol–water partition coefficient (Wildman–Crippen LogP) is 2.09. The molecule has 0 radical (unpaired) electrons. The van der Waals surface area contributed by atoms with Gasteiger partial charge in [0.2, 0.25) is 0 Å². The predicted molar refractivity (Wildman–Crippen MR) is 83.2 cm³/mol. The highest BCUT2D eigenvalue weighted by atomic mass is 16.5. The largest absolute Gasteiger partial charge is 0.482 e. The van der Waals surface area contributed by atoms with E-state index in [1.165, 1.54) is 4.90 Å². The number of carboxylic acid groups (broad SMARTS) is 1. The number of benzene rings is 1. The van der Waals surface area contributed by atoms with Crippen LogP contribution in [0.5, 0.6) is 5.75 Å². The number of carbonyl (C=O) groups is 2. The van der Waals surface area contributed by atoms with E-state index >= 15 is 0 Å². The van der Waals surface area contributed by atoms with Gasteiger partial charge in [0.1, 0.15) is 11.9 Å². The molecule has 0 heterocycles. The van der Waals surface area contributed by atoms with E-state index in [4.69, 9.17) is 14.6 Å². The van der Waals surface area contributed by atoms with Crippen LogP contribution in [0.25, 0.3) is 0 Å². The van der Waals surface area contributed by atoms with Crippen molar-refractivity contribution in [1.29, 1.82) is 0 Å². The van der Waals surface area contributed by atoms with Crippen LogP contribution in [0, 0.1) is 0 Å². The van der Waals surface area contributed by atoms with Crippen LogP contribution in [-0.2, 0) is 14.3 Å². The third-order valence-electron chi connectivity index (χ3n) is 2.95. The summed E-state index contributed by atoms with van der Waals surface area (Å²) in [6, 6.07) is 6.60. The number of hydrogen-bond acceptors (Lipinski definition) is 4. The minimum Gasteiger partial charge on any atom is -0.482 e. The lowest BCUT2D eigenvalue weighted by Gasteiger charge is -2.21. The highest BCUT2D eigenvalue weighted by Crippen LogP contribution is 2.19. The molecule has 1 amide bonds. The normalized spacial score (nSPS) is 11.5. The molecule has 0 aliphatic rings. The average Bonchev–Trinajstić information content (AvgIpc) is 2.52. The van der Waals surface area contributed by atoms with Gasteiger partial charge >= 0.3 is 5.97 Å². The first-order valence-electron chi connectivity index (χ1n) is 6.90. The number of ether oxygens (including phenoxy) is 2. The van der Waals surface area contributed by atoms with E-state index in [9.17, 15) is 9.59 Å². The molecule has 6 heteroatoms. The van der Waals surface area contributed by atoms with E-state index in [1.807, 2.05) is 0 Å². The third-order valence-corrected chi connectivity index (χ3v) is 2.95. The summed E-state index contributed by atoms with van der Waals surface area (Å²) in [5.74, 6) is -0.771. The molecule has 0 aliphatic carbocycles. The zero-order valence-electron chi connectivity index (χ0n) is 12.8. The van der Waals surface area contributed by atoms with Crippen molar-refractivity contribution in [3.8, 4) is 5.75 Å². The number of hydrogen-bond donors (Lipinski definition) is 1. The van der Waals surface area contributed by atoms with E-state index in [1.54, 1.807) is 44.3 Å². The molecule has 1 rings (SSSR count). The molecule has 1 unspecified atom stereocenters. The van der Waals surface area contributed by atoms with Gasteiger partial charge in [-0.3, -0.25) is 4.79 Å². The molecule has 0 spiro atoms. The summed E-state index contributed by atoms with van der Waals surface area (Å²) in [6.45, 7) is 5.35. The lowest BCUT2D eigenvalue weighted by molar-refractivity contribution is -0.139. The molecular weight excluding hydrogens is 286 g/mol. The van der Waals surface area contributed by atoms with Crippen molar-refractivity contribution in [2.24, 2.45) is 0 Å².